The van der Waals surface area contributed by atoms with Crippen LogP contribution in [-0.4, -0.2) is 68.5 Å². The first kappa shape index (κ1) is 15.9. The first-order chi connectivity index (χ1) is 11.6. The summed E-state index contributed by atoms with van der Waals surface area (Å²) in [5.74, 6) is -0.0784. The largest absolute Gasteiger partial charge is 0.391 e. The summed E-state index contributed by atoms with van der Waals surface area (Å²) in [7, 11) is 0. The average Bonchev–Trinajstić information content (AvgIpc) is 3.16. The Morgan fingerprint density at radius 3 is 2.71 bits per heavy atom. The van der Waals surface area contributed by atoms with Gasteiger partial charge in [-0.1, -0.05) is 17.7 Å². The van der Waals surface area contributed by atoms with Crippen molar-refractivity contribution >= 4 is 23.2 Å². The minimum atomic E-state index is -0.222. The lowest BCUT2D eigenvalue weighted by Crippen LogP contribution is -2.53. The Labute approximate surface area is 145 Å². The third kappa shape index (κ3) is 2.68. The molecule has 1 aliphatic heterocycles. The van der Waals surface area contributed by atoms with Crippen LogP contribution in [0.5, 0.6) is 0 Å². The number of pyridine rings is 1. The summed E-state index contributed by atoms with van der Waals surface area (Å²) in [4.78, 5) is 21.3. The van der Waals surface area contributed by atoms with Gasteiger partial charge in [0.2, 0.25) is 0 Å². The molecule has 6 nitrogen and oxygen atoms in total. The van der Waals surface area contributed by atoms with E-state index in [4.69, 9.17) is 11.6 Å². The third-order valence-electron chi connectivity index (χ3n) is 5.20. The van der Waals surface area contributed by atoms with Crippen molar-refractivity contribution in [3.63, 3.8) is 0 Å². The number of rotatable bonds is 2. The van der Waals surface area contributed by atoms with Crippen LogP contribution in [0.15, 0.2) is 24.4 Å². The molecular weight excluding hydrogens is 328 g/mol. The van der Waals surface area contributed by atoms with Crippen LogP contribution < -0.4 is 0 Å². The van der Waals surface area contributed by atoms with Gasteiger partial charge in [-0.25, -0.2) is 4.98 Å². The Morgan fingerprint density at radius 1 is 1.21 bits per heavy atom. The Balaban J connectivity index is 1.49. The fourth-order valence-electron chi connectivity index (χ4n) is 3.91. The Hall–Kier alpha value is -1.63. The molecule has 4 rings (SSSR count). The summed E-state index contributed by atoms with van der Waals surface area (Å²) in [6.45, 7) is 2.89. The van der Waals surface area contributed by atoms with Crippen molar-refractivity contribution in [2.45, 2.75) is 31.4 Å². The molecule has 1 saturated carbocycles. The number of aromatic nitrogens is 2. The van der Waals surface area contributed by atoms with Crippen LogP contribution in [0, 0.1) is 0 Å². The molecule has 0 spiro atoms. The van der Waals surface area contributed by atoms with E-state index < -0.39 is 0 Å². The quantitative estimate of drug-likeness (QED) is 0.896. The van der Waals surface area contributed by atoms with Crippen molar-refractivity contribution in [1.29, 1.82) is 0 Å². The van der Waals surface area contributed by atoms with Gasteiger partial charge in [0, 0.05) is 38.4 Å². The molecule has 2 aromatic rings. The number of hydrogen-bond acceptors (Lipinski definition) is 4. The molecule has 128 valence electrons. The molecule has 1 N–H and O–H groups in total. The second-order valence-electron chi connectivity index (χ2n) is 6.57. The van der Waals surface area contributed by atoms with Crippen molar-refractivity contribution in [2.24, 2.45) is 0 Å². The first-order valence-electron chi connectivity index (χ1n) is 8.49. The zero-order valence-corrected chi connectivity index (χ0v) is 14.2. The highest BCUT2D eigenvalue weighted by molar-refractivity contribution is 6.32. The number of carbonyl (C=O) groups excluding carboxylic acids is 1. The molecule has 0 aromatic carbocycles. The van der Waals surface area contributed by atoms with Crippen molar-refractivity contribution in [2.75, 3.05) is 26.2 Å². The second-order valence-corrected chi connectivity index (χ2v) is 6.93. The summed E-state index contributed by atoms with van der Waals surface area (Å²) < 4.78 is 1.75. The number of fused-ring (bicyclic) bond motifs is 1. The number of carbonyl (C=O) groups is 1. The van der Waals surface area contributed by atoms with E-state index in [1.54, 1.807) is 4.40 Å². The maximum absolute atomic E-state index is 12.9. The Morgan fingerprint density at radius 2 is 2.00 bits per heavy atom. The van der Waals surface area contributed by atoms with E-state index in [1.807, 2.05) is 29.3 Å². The van der Waals surface area contributed by atoms with Gasteiger partial charge in [0.25, 0.3) is 5.91 Å². The van der Waals surface area contributed by atoms with Gasteiger partial charge >= 0.3 is 0 Å². The highest BCUT2D eigenvalue weighted by atomic mass is 35.5. The SMILES string of the molecule is O=C(c1c(Cl)nc2ccccn12)N1CCN([C@@H]2CCC[C@@H]2O)CC1. The van der Waals surface area contributed by atoms with Gasteiger partial charge in [-0.3, -0.25) is 14.1 Å². The van der Waals surface area contributed by atoms with Gasteiger partial charge < -0.3 is 10.0 Å². The molecule has 2 fully saturated rings. The average molecular weight is 349 g/mol. The smallest absolute Gasteiger partial charge is 0.274 e. The highest BCUT2D eigenvalue weighted by Gasteiger charge is 2.34. The normalized spacial score (nSPS) is 25.5. The predicted molar refractivity (Wildman–Crippen MR) is 91.3 cm³/mol. The van der Waals surface area contributed by atoms with E-state index >= 15 is 0 Å². The summed E-state index contributed by atoms with van der Waals surface area (Å²) in [5, 5.41) is 10.3. The lowest BCUT2D eigenvalue weighted by atomic mass is 10.1. The van der Waals surface area contributed by atoms with Gasteiger partial charge in [0.05, 0.1) is 6.10 Å². The van der Waals surface area contributed by atoms with E-state index in [9.17, 15) is 9.90 Å². The minimum Gasteiger partial charge on any atom is -0.391 e. The molecule has 3 heterocycles. The van der Waals surface area contributed by atoms with Crippen LogP contribution >= 0.6 is 11.6 Å². The molecule has 0 radical (unpaired) electrons. The monoisotopic (exact) mass is 348 g/mol. The fraction of sp³-hybridized carbons (Fsp3) is 0.529. The summed E-state index contributed by atoms with van der Waals surface area (Å²) >= 11 is 6.21. The number of aliphatic hydroxyl groups is 1. The van der Waals surface area contributed by atoms with Gasteiger partial charge in [-0.15, -0.1) is 0 Å². The zero-order valence-electron chi connectivity index (χ0n) is 13.4. The van der Waals surface area contributed by atoms with Gasteiger partial charge in [-0.05, 0) is 31.4 Å². The second kappa shape index (κ2) is 6.35. The first-order valence-corrected chi connectivity index (χ1v) is 8.87. The molecule has 7 heteroatoms. The predicted octanol–water partition coefficient (Wildman–Crippen LogP) is 1.66. The van der Waals surface area contributed by atoms with Crippen LogP contribution in [0.3, 0.4) is 0 Å². The van der Waals surface area contributed by atoms with Crippen molar-refractivity contribution in [1.82, 2.24) is 19.2 Å². The fourth-order valence-corrected chi connectivity index (χ4v) is 4.17. The molecule has 2 atom stereocenters. The number of halogens is 1. The molecule has 2 aromatic heterocycles. The van der Waals surface area contributed by atoms with Crippen molar-refractivity contribution in [3.8, 4) is 0 Å². The van der Waals surface area contributed by atoms with Crippen molar-refractivity contribution in [3.05, 3.63) is 35.2 Å². The molecule has 1 aliphatic carbocycles. The molecule has 1 saturated heterocycles. The standard InChI is InChI=1S/C17H21ClN4O2/c18-16-15(22-7-2-1-6-14(22)19-16)17(24)21-10-8-20(9-11-21)12-4-3-5-13(12)23/h1-2,6-7,12-13,23H,3-5,8-11H2/t12-,13+/m1/s1. The summed E-state index contributed by atoms with van der Waals surface area (Å²) in [6.07, 6.45) is 4.62. The van der Waals surface area contributed by atoms with E-state index in [1.165, 1.54) is 0 Å². The van der Waals surface area contributed by atoms with Crippen molar-refractivity contribution < 1.29 is 9.90 Å². The number of piperazine rings is 1. The lowest BCUT2D eigenvalue weighted by Gasteiger charge is -2.39. The molecule has 1 amide bonds. The molecule has 2 aliphatic rings. The van der Waals surface area contributed by atoms with E-state index in [0.29, 0.717) is 24.4 Å². The number of nitrogens with zero attached hydrogens (tertiary/aromatic N) is 4. The topological polar surface area (TPSA) is 61.1 Å². The summed E-state index contributed by atoms with van der Waals surface area (Å²) in [6, 6.07) is 5.82. The lowest BCUT2D eigenvalue weighted by molar-refractivity contribution is 0.0312. The van der Waals surface area contributed by atoms with Gasteiger partial charge in [0.1, 0.15) is 5.65 Å². The molecule has 0 unspecified atom stereocenters. The molecular formula is C17H21ClN4O2. The van der Waals surface area contributed by atoms with Crippen LogP contribution in [0.25, 0.3) is 5.65 Å². The molecule has 0 bridgehead atoms. The molecule has 24 heavy (non-hydrogen) atoms. The maximum atomic E-state index is 12.9. The summed E-state index contributed by atoms with van der Waals surface area (Å²) in [5.41, 5.74) is 1.11. The number of imidazole rings is 1. The van der Waals surface area contributed by atoms with Gasteiger partial charge in [0.15, 0.2) is 10.8 Å². The zero-order chi connectivity index (χ0) is 16.7. The van der Waals surface area contributed by atoms with E-state index in [0.717, 1.165) is 32.4 Å². The minimum absolute atomic E-state index is 0.0784. The Kier molecular flexibility index (Phi) is 4.20. The number of hydrogen-bond donors (Lipinski definition) is 1. The van der Waals surface area contributed by atoms with Gasteiger partial charge in [-0.2, -0.15) is 0 Å². The Bertz CT molecular complexity index is 754. The number of aliphatic hydroxyl groups excluding tert-OH is 1. The van der Waals surface area contributed by atoms with Crippen LogP contribution in [0.2, 0.25) is 5.15 Å². The van der Waals surface area contributed by atoms with E-state index in [2.05, 4.69) is 9.88 Å². The third-order valence-corrected chi connectivity index (χ3v) is 5.47. The maximum Gasteiger partial charge on any atom is 0.274 e. The highest BCUT2D eigenvalue weighted by Crippen LogP contribution is 2.26. The van der Waals surface area contributed by atoms with E-state index in [-0.39, 0.29) is 23.2 Å². The van der Waals surface area contributed by atoms with Crippen LogP contribution in [-0.2, 0) is 0 Å². The number of amides is 1. The van der Waals surface area contributed by atoms with Crippen LogP contribution in [0.4, 0.5) is 0 Å². The van der Waals surface area contributed by atoms with Crippen LogP contribution in [0.1, 0.15) is 29.8 Å².